The van der Waals surface area contributed by atoms with Crippen molar-refractivity contribution in [1.29, 1.82) is 0 Å². The smallest absolute Gasteiger partial charge is 0.224 e. The van der Waals surface area contributed by atoms with Crippen molar-refractivity contribution in [3.63, 3.8) is 0 Å². The molecule has 0 bridgehead atoms. The van der Waals surface area contributed by atoms with Gasteiger partial charge in [0.1, 0.15) is 60.5 Å². The summed E-state index contributed by atoms with van der Waals surface area (Å²) in [6.07, 6.45) is -13.3. The zero-order chi connectivity index (χ0) is 42.5. The molecule has 2 heterocycles. The van der Waals surface area contributed by atoms with Gasteiger partial charge in [0.25, 0.3) is 0 Å². The Morgan fingerprint density at radius 3 is 1.16 bits per heavy atom. The van der Waals surface area contributed by atoms with E-state index in [-0.39, 0.29) is 6.61 Å². The quantitative estimate of drug-likeness (QED) is 0.0800. The molecule has 0 aromatic heterocycles. The Balaban J connectivity index is 1.22. The van der Waals surface area contributed by atoms with E-state index in [9.17, 15) is 30.6 Å². The largest absolute Gasteiger partial charge is 0.394 e. The van der Waals surface area contributed by atoms with Crippen LogP contribution < -0.4 is 0 Å². The molecule has 6 aromatic carbocycles. The van der Waals surface area contributed by atoms with E-state index in [1.54, 1.807) is 0 Å². The summed E-state index contributed by atoms with van der Waals surface area (Å²) in [7, 11) is 0. The SMILES string of the molecule is OCC1OC(OC2(COC(c3ccccc3)(c3ccccc3)c3ccccc3)OC(COC(c3ccccc3)(c3ccccc3)c3ccccc3)C(O)C2O)C(O)C(O)C1O. The molecule has 0 spiro atoms. The molecule has 9 atom stereocenters. The fourth-order valence-electron chi connectivity index (χ4n) is 8.56. The monoisotopic (exact) mass is 826 g/mol. The van der Waals surface area contributed by atoms with Gasteiger partial charge >= 0.3 is 0 Å². The predicted octanol–water partition coefficient (Wildman–Crippen LogP) is 4.64. The summed E-state index contributed by atoms with van der Waals surface area (Å²) in [4.78, 5) is 0. The molecule has 9 unspecified atom stereocenters. The molecule has 6 aromatic rings. The van der Waals surface area contributed by atoms with Gasteiger partial charge in [0.05, 0.1) is 13.2 Å². The summed E-state index contributed by atoms with van der Waals surface area (Å²) in [5.41, 5.74) is 1.98. The van der Waals surface area contributed by atoms with Crippen molar-refractivity contribution in [1.82, 2.24) is 0 Å². The second-order valence-corrected chi connectivity index (χ2v) is 15.4. The summed E-state index contributed by atoms with van der Waals surface area (Å²) in [5, 5.41) is 67.1. The Hall–Kier alpha value is -5.12. The van der Waals surface area contributed by atoms with Crippen LogP contribution in [0.2, 0.25) is 0 Å². The predicted molar refractivity (Wildman–Crippen MR) is 225 cm³/mol. The first-order valence-electron chi connectivity index (χ1n) is 20.4. The van der Waals surface area contributed by atoms with Crippen LogP contribution in [0.5, 0.6) is 0 Å². The minimum atomic E-state index is -2.32. The molecule has 2 aliphatic heterocycles. The highest BCUT2D eigenvalue weighted by Gasteiger charge is 2.60. The number of hydrogen-bond acceptors (Lipinski definition) is 11. The van der Waals surface area contributed by atoms with E-state index >= 15 is 0 Å². The first-order valence-corrected chi connectivity index (χ1v) is 20.4. The van der Waals surface area contributed by atoms with E-state index in [0.29, 0.717) is 0 Å². The van der Waals surface area contributed by atoms with Crippen LogP contribution in [0.15, 0.2) is 182 Å². The number of aliphatic hydroxyl groups is 6. The van der Waals surface area contributed by atoms with Gasteiger partial charge in [0, 0.05) is 0 Å². The Morgan fingerprint density at radius 2 is 0.803 bits per heavy atom. The molecule has 8 rings (SSSR count). The van der Waals surface area contributed by atoms with E-state index in [2.05, 4.69) is 0 Å². The van der Waals surface area contributed by atoms with Gasteiger partial charge in [-0.15, -0.1) is 0 Å². The highest BCUT2D eigenvalue weighted by atomic mass is 16.8. The van der Waals surface area contributed by atoms with Crippen molar-refractivity contribution in [3.05, 3.63) is 215 Å². The molecule has 0 radical (unpaired) electrons. The van der Waals surface area contributed by atoms with Crippen LogP contribution in [0.3, 0.4) is 0 Å². The number of aliphatic hydroxyl groups excluding tert-OH is 6. The highest BCUT2D eigenvalue weighted by Crippen LogP contribution is 2.46. The molecule has 6 N–H and O–H groups in total. The fraction of sp³-hybridized carbons (Fsp3) is 0.280. The lowest BCUT2D eigenvalue weighted by molar-refractivity contribution is -0.388. The molecule has 2 saturated heterocycles. The maximum atomic E-state index is 12.3. The van der Waals surface area contributed by atoms with Crippen LogP contribution >= 0.6 is 0 Å². The van der Waals surface area contributed by atoms with Crippen LogP contribution in [-0.2, 0) is 34.9 Å². The van der Waals surface area contributed by atoms with E-state index in [1.807, 2.05) is 182 Å². The van der Waals surface area contributed by atoms with Gasteiger partial charge in [0.15, 0.2) is 6.29 Å². The van der Waals surface area contributed by atoms with Crippen LogP contribution in [0.25, 0.3) is 0 Å². The summed E-state index contributed by atoms with van der Waals surface area (Å²) >= 11 is 0. The average molecular weight is 827 g/mol. The molecule has 0 aliphatic carbocycles. The zero-order valence-electron chi connectivity index (χ0n) is 33.3. The Morgan fingerprint density at radius 1 is 0.443 bits per heavy atom. The number of rotatable bonds is 15. The number of ether oxygens (including phenoxy) is 5. The Bertz CT molecular complexity index is 2060. The molecule has 316 valence electrons. The zero-order valence-corrected chi connectivity index (χ0v) is 33.3. The Kier molecular flexibility index (Phi) is 12.9. The minimum absolute atomic E-state index is 0.294. The van der Waals surface area contributed by atoms with Crippen LogP contribution in [0, 0.1) is 0 Å². The van der Waals surface area contributed by atoms with Gasteiger partial charge in [-0.3, -0.25) is 0 Å². The van der Waals surface area contributed by atoms with Crippen LogP contribution in [0.4, 0.5) is 0 Å². The third-order valence-electron chi connectivity index (χ3n) is 11.7. The second kappa shape index (κ2) is 18.5. The van der Waals surface area contributed by atoms with Gasteiger partial charge in [-0.05, 0) is 33.4 Å². The number of benzene rings is 6. The van der Waals surface area contributed by atoms with Gasteiger partial charge in [-0.25, -0.2) is 0 Å². The lowest BCUT2D eigenvalue weighted by Crippen LogP contribution is -2.63. The second-order valence-electron chi connectivity index (χ2n) is 15.4. The third-order valence-corrected chi connectivity index (χ3v) is 11.7. The summed E-state index contributed by atoms with van der Waals surface area (Å²) in [5.74, 6) is -2.32. The van der Waals surface area contributed by atoms with Gasteiger partial charge in [-0.2, -0.15) is 0 Å². The maximum absolute atomic E-state index is 12.3. The van der Waals surface area contributed by atoms with Gasteiger partial charge in [0.2, 0.25) is 5.79 Å². The standard InChI is InChI=1S/C50H50O11/c51-31-40-42(52)44(54)45(55)47(59-40)61-48(33-58-50(37-25-13-4-14-26-37,38-27-15-5-16-28-38)39-29-17-6-18-30-39)46(56)43(53)41(60-48)32-57-49(34-19-7-1-8-20-34,35-21-9-2-10-22-35)36-23-11-3-12-24-36/h1-30,40-47,51-56H,31-33H2. The van der Waals surface area contributed by atoms with Crippen molar-refractivity contribution in [2.24, 2.45) is 0 Å². The Labute approximate surface area is 354 Å². The lowest BCUT2D eigenvalue weighted by Gasteiger charge is -2.45. The molecule has 11 nitrogen and oxygen atoms in total. The summed E-state index contributed by atoms with van der Waals surface area (Å²) in [6, 6.07) is 57.4. The van der Waals surface area contributed by atoms with Crippen molar-refractivity contribution < 1.29 is 54.3 Å². The molecule has 0 amide bonds. The highest BCUT2D eigenvalue weighted by molar-refractivity contribution is 5.49. The first kappa shape index (κ1) is 42.6. The van der Waals surface area contributed by atoms with Crippen LogP contribution in [0.1, 0.15) is 33.4 Å². The topological polar surface area (TPSA) is 168 Å². The van der Waals surface area contributed by atoms with Gasteiger partial charge < -0.3 is 54.3 Å². The fourth-order valence-corrected chi connectivity index (χ4v) is 8.56. The van der Waals surface area contributed by atoms with E-state index < -0.39 is 79.2 Å². The van der Waals surface area contributed by atoms with Crippen molar-refractivity contribution in [2.75, 3.05) is 19.8 Å². The summed E-state index contributed by atoms with van der Waals surface area (Å²) in [6.45, 7) is -1.61. The molecule has 11 heteroatoms. The average Bonchev–Trinajstić information content (AvgIpc) is 3.56. The number of hydrogen-bond donors (Lipinski definition) is 6. The van der Waals surface area contributed by atoms with Crippen LogP contribution in [-0.4, -0.2) is 105 Å². The summed E-state index contributed by atoms with van der Waals surface area (Å²) < 4.78 is 33.1. The normalized spacial score (nSPS) is 26.9. The van der Waals surface area contributed by atoms with Crippen molar-refractivity contribution >= 4 is 0 Å². The molecule has 2 fully saturated rings. The van der Waals surface area contributed by atoms with E-state index in [1.165, 1.54) is 0 Å². The molecular weight excluding hydrogens is 777 g/mol. The lowest BCUT2D eigenvalue weighted by atomic mass is 9.80. The van der Waals surface area contributed by atoms with Crippen molar-refractivity contribution in [3.8, 4) is 0 Å². The van der Waals surface area contributed by atoms with Gasteiger partial charge in [-0.1, -0.05) is 182 Å². The minimum Gasteiger partial charge on any atom is -0.394 e. The molecule has 2 aliphatic rings. The maximum Gasteiger partial charge on any atom is 0.224 e. The molecule has 61 heavy (non-hydrogen) atoms. The van der Waals surface area contributed by atoms with E-state index in [4.69, 9.17) is 23.7 Å². The third kappa shape index (κ3) is 8.07. The molecule has 0 saturated carbocycles. The van der Waals surface area contributed by atoms with E-state index in [0.717, 1.165) is 33.4 Å². The molecular formula is C50H50O11. The van der Waals surface area contributed by atoms with Crippen molar-refractivity contribution in [2.45, 2.75) is 66.0 Å². The first-order chi connectivity index (χ1) is 29.7.